The molecule has 0 fully saturated rings. The third kappa shape index (κ3) is 19.3. The van der Waals surface area contributed by atoms with E-state index in [1.165, 1.54) is 0 Å². The maximum atomic E-state index is 11.4. The van der Waals surface area contributed by atoms with E-state index < -0.39 is 35.8 Å². The molecular formula is C102H96Cr2N12O12. The SMILES string of the molecule is C=Cc1c(C)c2cc3[nH]c(cc4nc(cc5nc(cc1[nH]2)C(C)=C5CCC(=O)[O-])C(CCC(=O)[O-])=C4C)c(C)c3C=C.C=Cc1c(C)c2cc3[nH]c(cc4nc(cc5nc(cc1[nH]2)C(C)=C5CCC(=O)[O-])C(CCC(=O)[O-])=C4C)c(C)c3C=C.C=Cc1c(C)c2cc3[nH]c(cc4nc(cc5nc(cc1[nH]2)C(C)=C5CCC(=O)[O-])C(CCC(=O)[O-])=C4C)c(C)c3C=C.[Cr+3].[Cr+3]. The number of nitrogens with zero attached hydrogens (tertiary/aromatic N) is 6. The van der Waals surface area contributed by atoms with Crippen molar-refractivity contribution in [1.29, 1.82) is 0 Å². The van der Waals surface area contributed by atoms with Crippen LogP contribution in [-0.2, 0) is 63.5 Å². The van der Waals surface area contributed by atoms with E-state index in [9.17, 15) is 59.4 Å². The van der Waals surface area contributed by atoms with Gasteiger partial charge in [-0.1, -0.05) is 75.9 Å². The predicted molar refractivity (Wildman–Crippen MR) is 492 cm³/mol. The molecule has 0 atom stereocenters. The molecule has 24 bridgehead atoms. The van der Waals surface area contributed by atoms with Crippen molar-refractivity contribution in [2.45, 2.75) is 160 Å². The maximum absolute atomic E-state index is 11.4. The van der Waals surface area contributed by atoms with Crippen LogP contribution in [0.15, 0.2) is 112 Å². The van der Waals surface area contributed by atoms with Crippen LogP contribution >= 0.6 is 0 Å². The molecule has 6 N–H and O–H groups in total. The Labute approximate surface area is 761 Å². The molecule has 0 amide bonds. The molecule has 0 aromatic carbocycles. The molecule has 9 aromatic heterocycles. The van der Waals surface area contributed by atoms with Crippen molar-refractivity contribution in [3.05, 3.63) is 247 Å². The fraction of sp³-hybridized carbons (Fsp3) is 0.235. The van der Waals surface area contributed by atoms with Crippen LogP contribution in [0.3, 0.4) is 0 Å². The van der Waals surface area contributed by atoms with Gasteiger partial charge in [0.25, 0.3) is 0 Å². The standard InChI is InChI=1S/3C34H34N4O4.2Cr/c3*1-7-21-17(3)25-13-26-19(5)23(9-11-33(39)40)31(37-26)16-32-24(10-12-34(41)42)20(6)28(38-32)15-30-22(8-2)18(4)27(36-30)14-29(21)35-25;;/h3*7-8,13-16,35-36H,1-2,9-12H2,3-6H3,(H,39,40)(H,41,42);;/q;;;2*+3/p-6. The second-order valence-corrected chi connectivity index (χ2v) is 32.1. The Balaban J connectivity index is 0.000000185. The first kappa shape index (κ1) is 94.8. The average Bonchev–Trinajstić information content (AvgIpc) is 1.62. The molecule has 15 rings (SSSR count). The van der Waals surface area contributed by atoms with Crippen LogP contribution in [0.2, 0.25) is 0 Å². The van der Waals surface area contributed by atoms with Gasteiger partial charge in [-0.3, -0.25) is 0 Å². The summed E-state index contributed by atoms with van der Waals surface area (Å²) < 4.78 is 0. The molecule has 2 radical (unpaired) electrons. The summed E-state index contributed by atoms with van der Waals surface area (Å²) in [6, 6.07) is 23.3. The number of aromatic nitrogens is 12. The van der Waals surface area contributed by atoms with Gasteiger partial charge in [0, 0.05) is 135 Å². The molecule has 15 heterocycles. The van der Waals surface area contributed by atoms with Crippen molar-refractivity contribution in [2.75, 3.05) is 0 Å². The van der Waals surface area contributed by atoms with Crippen molar-refractivity contribution in [2.24, 2.45) is 0 Å². The molecule has 128 heavy (non-hydrogen) atoms. The van der Waals surface area contributed by atoms with Gasteiger partial charge < -0.3 is 89.3 Å². The summed E-state index contributed by atoms with van der Waals surface area (Å²) in [6.07, 6.45) is 11.4. The third-order valence-corrected chi connectivity index (χ3v) is 24.6. The van der Waals surface area contributed by atoms with E-state index in [1.54, 1.807) is 18.2 Å². The summed E-state index contributed by atoms with van der Waals surface area (Å²) in [5, 5.41) is 68.4. The summed E-state index contributed by atoms with van der Waals surface area (Å²) >= 11 is 0. The van der Waals surface area contributed by atoms with Gasteiger partial charge in [0.2, 0.25) is 0 Å². The normalized spacial score (nSPS) is 12.8. The number of aromatic amines is 6. The monoisotopic (exact) mass is 1780 g/mol. The molecule has 648 valence electrons. The summed E-state index contributed by atoms with van der Waals surface area (Å²) in [7, 11) is 0. The fourth-order valence-electron chi connectivity index (χ4n) is 17.3. The second-order valence-electron chi connectivity index (χ2n) is 32.1. The summed E-state index contributed by atoms with van der Waals surface area (Å²) in [4.78, 5) is 119. The Morgan fingerprint density at radius 1 is 0.227 bits per heavy atom. The number of carboxylic acids is 6. The van der Waals surface area contributed by atoms with Crippen LogP contribution in [0.4, 0.5) is 0 Å². The molecular weight excluding hydrogens is 1690 g/mol. The number of aryl methyl sites for hydroxylation is 6. The molecule has 0 saturated heterocycles. The van der Waals surface area contributed by atoms with E-state index in [4.69, 9.17) is 29.9 Å². The van der Waals surface area contributed by atoms with Gasteiger partial charge in [-0.2, -0.15) is 0 Å². The summed E-state index contributed by atoms with van der Waals surface area (Å²) in [5.41, 5.74) is 39.8. The molecule has 6 aliphatic rings. The molecule has 6 aliphatic heterocycles. The third-order valence-electron chi connectivity index (χ3n) is 24.6. The van der Waals surface area contributed by atoms with E-state index in [0.717, 1.165) is 200 Å². The molecule has 0 aliphatic carbocycles. The van der Waals surface area contributed by atoms with Crippen molar-refractivity contribution in [3.8, 4) is 0 Å². The van der Waals surface area contributed by atoms with E-state index in [0.29, 0.717) is 68.3 Å². The Hall–Kier alpha value is -13.9. The van der Waals surface area contributed by atoms with Crippen LogP contribution in [0, 0.1) is 41.5 Å². The number of aliphatic carboxylic acids is 6. The van der Waals surface area contributed by atoms with Gasteiger partial charge in [0.15, 0.2) is 0 Å². The molecule has 26 heteroatoms. The van der Waals surface area contributed by atoms with E-state index in [-0.39, 0.29) is 112 Å². The van der Waals surface area contributed by atoms with Crippen molar-refractivity contribution >= 4 is 205 Å². The minimum Gasteiger partial charge on any atom is -0.550 e. The Bertz CT molecular complexity index is 6430. The van der Waals surface area contributed by atoms with Crippen LogP contribution in [0.25, 0.3) is 170 Å². The zero-order valence-electron chi connectivity index (χ0n) is 73.5. The number of nitrogens with one attached hydrogen (secondary N) is 6. The van der Waals surface area contributed by atoms with Gasteiger partial charge in [0.1, 0.15) is 0 Å². The summed E-state index contributed by atoms with van der Waals surface area (Å²) in [6.45, 7) is 47.9. The van der Waals surface area contributed by atoms with Gasteiger partial charge in [0.05, 0.1) is 68.3 Å². The minimum atomic E-state index is -1.15. The number of allylic oxidation sites excluding steroid dienone is 12. The number of carbonyl (C=O) groups is 6. The molecule has 24 nitrogen and oxygen atoms in total. The van der Waals surface area contributed by atoms with E-state index in [1.807, 2.05) is 174 Å². The molecule has 0 unspecified atom stereocenters. The fourth-order valence-corrected chi connectivity index (χ4v) is 17.3. The van der Waals surface area contributed by atoms with Crippen molar-refractivity contribution < 1.29 is 94.1 Å². The van der Waals surface area contributed by atoms with Crippen molar-refractivity contribution in [1.82, 2.24) is 59.8 Å². The van der Waals surface area contributed by atoms with Crippen LogP contribution < -0.4 is 30.6 Å². The zero-order chi connectivity index (χ0) is 90.9. The van der Waals surface area contributed by atoms with Gasteiger partial charge in [-0.15, -0.1) is 0 Å². The van der Waals surface area contributed by atoms with E-state index in [2.05, 4.69) is 69.4 Å². The van der Waals surface area contributed by atoms with Crippen LogP contribution in [0.5, 0.6) is 0 Å². The van der Waals surface area contributed by atoms with Gasteiger partial charge in [-0.05, 0) is 333 Å². The topological polar surface area (TPSA) is 413 Å². The Kier molecular flexibility index (Phi) is 29.1. The Morgan fingerprint density at radius 2 is 0.359 bits per heavy atom. The van der Waals surface area contributed by atoms with Crippen LogP contribution in [0.1, 0.15) is 254 Å². The predicted octanol–water partition coefficient (Wildman–Crippen LogP) is 15.4. The van der Waals surface area contributed by atoms with Gasteiger partial charge >= 0.3 is 34.7 Å². The first-order valence-electron chi connectivity index (χ1n) is 41.5. The van der Waals surface area contributed by atoms with Crippen LogP contribution in [-0.4, -0.2) is 95.6 Å². The number of hydrogen-bond acceptors (Lipinski definition) is 18. The number of fused-ring (bicyclic) bond motifs is 24. The number of hydrogen-bond donors (Lipinski definition) is 6. The molecule has 0 spiro atoms. The quantitative estimate of drug-likeness (QED) is 0.0327. The number of rotatable bonds is 24. The Morgan fingerprint density at radius 3 is 0.500 bits per heavy atom. The summed E-state index contributed by atoms with van der Waals surface area (Å²) in [5.74, 6) is -6.87. The van der Waals surface area contributed by atoms with E-state index >= 15 is 0 Å². The second kappa shape index (κ2) is 39.3. The number of carboxylic acid groups (broad SMARTS) is 6. The largest absolute Gasteiger partial charge is 3.00 e. The molecule has 0 saturated carbocycles. The van der Waals surface area contributed by atoms with Gasteiger partial charge in [-0.25, -0.2) is 29.9 Å². The number of H-pyrrole nitrogens is 6. The minimum absolute atomic E-state index is 0. The zero-order valence-corrected chi connectivity index (χ0v) is 76.1. The average molecular weight is 1790 g/mol. The van der Waals surface area contributed by atoms with Crippen molar-refractivity contribution in [3.63, 3.8) is 0 Å². The first-order valence-corrected chi connectivity index (χ1v) is 41.5. The smallest absolute Gasteiger partial charge is 0.550 e. The number of carbonyl (C=O) groups excluding carboxylic acids is 6. The first-order chi connectivity index (χ1) is 60.0. The maximum Gasteiger partial charge on any atom is 3.00 e. The molecule has 9 aromatic rings.